The zero-order chi connectivity index (χ0) is 17.0. The number of halogens is 2. The quantitative estimate of drug-likeness (QED) is 0.554. The molecule has 2 aromatic carbocycles. The number of isocyanates is 1. The van der Waals surface area contributed by atoms with Gasteiger partial charge in [-0.15, -0.1) is 0 Å². The van der Waals surface area contributed by atoms with Gasteiger partial charge in [0.05, 0.1) is 10.6 Å². The van der Waals surface area contributed by atoms with Gasteiger partial charge in [0.25, 0.3) is 0 Å². The highest BCUT2D eigenvalue weighted by atomic mass is 35.5. The molecule has 0 amide bonds. The molecule has 124 valence electrons. The third-order valence-electron chi connectivity index (χ3n) is 4.45. The van der Waals surface area contributed by atoms with Gasteiger partial charge in [-0.05, 0) is 36.1 Å². The first-order valence-electron chi connectivity index (χ1n) is 7.90. The monoisotopic (exact) mass is 345 g/mol. The predicted molar refractivity (Wildman–Crippen MR) is 90.5 cm³/mol. The lowest BCUT2D eigenvalue weighted by atomic mass is 9.89. The molecule has 1 fully saturated rings. The van der Waals surface area contributed by atoms with Gasteiger partial charge in [0, 0.05) is 0 Å². The molecule has 5 heteroatoms. The van der Waals surface area contributed by atoms with Crippen molar-refractivity contribution in [3.05, 3.63) is 64.4 Å². The van der Waals surface area contributed by atoms with Crippen LogP contribution in [0.3, 0.4) is 0 Å². The van der Waals surface area contributed by atoms with Gasteiger partial charge in [0.1, 0.15) is 6.61 Å². The Hall–Kier alpha value is -2.16. The van der Waals surface area contributed by atoms with E-state index in [1.807, 2.05) is 30.3 Å². The van der Waals surface area contributed by atoms with E-state index >= 15 is 0 Å². The van der Waals surface area contributed by atoms with E-state index in [9.17, 15) is 9.18 Å². The second-order valence-electron chi connectivity index (χ2n) is 5.99. The largest absolute Gasteiger partial charge is 0.484 e. The Kier molecular flexibility index (Phi) is 4.98. The SMILES string of the molecule is O=C=NC1(c2cc(F)c(OCc3ccccc3)c(Cl)c2)CCCC1. The van der Waals surface area contributed by atoms with Crippen LogP contribution in [0.25, 0.3) is 0 Å². The van der Waals surface area contributed by atoms with E-state index in [1.54, 1.807) is 12.1 Å². The molecule has 0 atom stereocenters. The zero-order valence-electron chi connectivity index (χ0n) is 13.1. The molecule has 3 rings (SSSR count). The van der Waals surface area contributed by atoms with E-state index in [-0.39, 0.29) is 17.4 Å². The fourth-order valence-corrected chi connectivity index (χ4v) is 3.47. The summed E-state index contributed by atoms with van der Waals surface area (Å²) in [5.74, 6) is -0.520. The number of benzene rings is 2. The highest BCUT2D eigenvalue weighted by Crippen LogP contribution is 2.44. The van der Waals surface area contributed by atoms with Gasteiger partial charge in [0.15, 0.2) is 11.6 Å². The van der Waals surface area contributed by atoms with Crippen LogP contribution in [0.2, 0.25) is 5.02 Å². The van der Waals surface area contributed by atoms with E-state index in [2.05, 4.69) is 4.99 Å². The normalized spacial score (nSPS) is 15.8. The number of ether oxygens (including phenoxy) is 1. The lowest BCUT2D eigenvalue weighted by molar-refractivity contribution is 0.290. The van der Waals surface area contributed by atoms with Crippen LogP contribution in [0.15, 0.2) is 47.5 Å². The molecule has 0 aromatic heterocycles. The van der Waals surface area contributed by atoms with Crippen molar-refractivity contribution in [1.82, 2.24) is 0 Å². The molecule has 0 saturated heterocycles. The van der Waals surface area contributed by atoms with Crippen molar-refractivity contribution in [3.63, 3.8) is 0 Å². The minimum absolute atomic E-state index is 0.0208. The second-order valence-corrected chi connectivity index (χ2v) is 6.39. The maximum atomic E-state index is 14.5. The van der Waals surface area contributed by atoms with Gasteiger partial charge in [-0.1, -0.05) is 54.8 Å². The average Bonchev–Trinajstić information content (AvgIpc) is 3.05. The Morgan fingerprint density at radius 2 is 1.92 bits per heavy atom. The summed E-state index contributed by atoms with van der Waals surface area (Å²) in [6, 6.07) is 12.5. The van der Waals surface area contributed by atoms with Crippen molar-refractivity contribution in [2.75, 3.05) is 0 Å². The third-order valence-corrected chi connectivity index (χ3v) is 4.73. The molecule has 3 nitrogen and oxygen atoms in total. The first-order valence-corrected chi connectivity index (χ1v) is 8.28. The maximum absolute atomic E-state index is 14.5. The highest BCUT2D eigenvalue weighted by molar-refractivity contribution is 6.32. The number of rotatable bonds is 5. The van der Waals surface area contributed by atoms with Crippen molar-refractivity contribution in [3.8, 4) is 5.75 Å². The standard InChI is InChI=1S/C19H17ClFNO2/c20-16-10-15(19(22-13-23)8-4-5-9-19)11-17(21)18(16)24-12-14-6-2-1-3-7-14/h1-3,6-7,10-11H,4-5,8-9,12H2. The number of hydrogen-bond acceptors (Lipinski definition) is 3. The van der Waals surface area contributed by atoms with Gasteiger partial charge >= 0.3 is 0 Å². The maximum Gasteiger partial charge on any atom is 0.235 e. The topological polar surface area (TPSA) is 38.7 Å². The summed E-state index contributed by atoms with van der Waals surface area (Å²) in [5, 5.41) is 0.188. The summed E-state index contributed by atoms with van der Waals surface area (Å²) >= 11 is 6.24. The van der Waals surface area contributed by atoms with Crippen LogP contribution in [0.1, 0.15) is 36.8 Å². The van der Waals surface area contributed by atoms with E-state index in [4.69, 9.17) is 16.3 Å². The number of aliphatic imine (C=N–C) groups is 1. The lowest BCUT2D eigenvalue weighted by Crippen LogP contribution is -2.19. The molecule has 0 N–H and O–H groups in total. The van der Waals surface area contributed by atoms with Crippen LogP contribution in [0.5, 0.6) is 5.75 Å². The summed E-state index contributed by atoms with van der Waals surface area (Å²) in [6.07, 6.45) is 4.90. The molecular formula is C19H17ClFNO2. The molecule has 0 heterocycles. The van der Waals surface area contributed by atoms with Gasteiger partial charge in [-0.2, -0.15) is 4.99 Å². The fraction of sp³-hybridized carbons (Fsp3) is 0.316. The second kappa shape index (κ2) is 7.16. The molecule has 0 bridgehead atoms. The Morgan fingerprint density at radius 1 is 1.21 bits per heavy atom. The van der Waals surface area contributed by atoms with Crippen molar-refractivity contribution in [2.24, 2.45) is 4.99 Å². The summed E-state index contributed by atoms with van der Waals surface area (Å²) in [6.45, 7) is 0.231. The Bertz CT molecular complexity index is 743. The first kappa shape index (κ1) is 16.7. The number of nitrogens with zero attached hydrogens (tertiary/aromatic N) is 1. The molecule has 2 aromatic rings. The van der Waals surface area contributed by atoms with Crippen LogP contribution < -0.4 is 4.74 Å². The van der Waals surface area contributed by atoms with E-state index in [0.29, 0.717) is 18.4 Å². The van der Waals surface area contributed by atoms with Gasteiger partial charge in [0.2, 0.25) is 6.08 Å². The minimum Gasteiger partial charge on any atom is -0.484 e. The van der Waals surface area contributed by atoms with Gasteiger partial charge in [-0.3, -0.25) is 0 Å². The number of carbonyl (C=O) groups excluding carboxylic acids is 1. The van der Waals surface area contributed by atoms with Crippen LogP contribution in [0.4, 0.5) is 4.39 Å². The first-order chi connectivity index (χ1) is 11.6. The van der Waals surface area contributed by atoms with Gasteiger partial charge in [-0.25, -0.2) is 9.18 Å². The summed E-state index contributed by atoms with van der Waals surface area (Å²) in [7, 11) is 0. The lowest BCUT2D eigenvalue weighted by Gasteiger charge is -2.24. The Labute approximate surface area is 145 Å². The third kappa shape index (κ3) is 3.35. The summed E-state index contributed by atoms with van der Waals surface area (Å²) in [5.41, 5.74) is 0.831. The van der Waals surface area contributed by atoms with E-state index < -0.39 is 11.4 Å². The van der Waals surface area contributed by atoms with E-state index in [1.165, 1.54) is 6.07 Å². The van der Waals surface area contributed by atoms with Gasteiger partial charge < -0.3 is 4.74 Å². The molecule has 1 saturated carbocycles. The van der Waals surface area contributed by atoms with Crippen LogP contribution in [-0.2, 0) is 16.9 Å². The predicted octanol–water partition coefficient (Wildman–Crippen LogP) is 5.16. The Morgan fingerprint density at radius 3 is 2.54 bits per heavy atom. The average molecular weight is 346 g/mol. The van der Waals surface area contributed by atoms with E-state index in [0.717, 1.165) is 18.4 Å². The van der Waals surface area contributed by atoms with Crippen LogP contribution >= 0.6 is 11.6 Å². The molecule has 0 radical (unpaired) electrons. The van der Waals surface area contributed by atoms with Crippen molar-refractivity contribution < 1.29 is 13.9 Å². The molecule has 0 aliphatic heterocycles. The van der Waals surface area contributed by atoms with Crippen LogP contribution in [0, 0.1) is 5.82 Å². The molecule has 0 unspecified atom stereocenters. The summed E-state index contributed by atoms with van der Waals surface area (Å²) < 4.78 is 20.1. The molecular weight excluding hydrogens is 329 g/mol. The highest BCUT2D eigenvalue weighted by Gasteiger charge is 2.36. The summed E-state index contributed by atoms with van der Waals surface area (Å²) in [4.78, 5) is 14.8. The molecule has 1 aliphatic carbocycles. The van der Waals surface area contributed by atoms with Crippen LogP contribution in [-0.4, -0.2) is 6.08 Å². The Balaban J connectivity index is 1.87. The van der Waals surface area contributed by atoms with Crippen molar-refractivity contribution in [1.29, 1.82) is 0 Å². The molecule has 1 aliphatic rings. The molecule has 0 spiro atoms. The molecule has 24 heavy (non-hydrogen) atoms. The van der Waals surface area contributed by atoms with Crippen molar-refractivity contribution in [2.45, 2.75) is 37.8 Å². The fourth-order valence-electron chi connectivity index (χ4n) is 3.21. The smallest absolute Gasteiger partial charge is 0.235 e. The van der Waals surface area contributed by atoms with Crippen molar-refractivity contribution >= 4 is 17.7 Å². The minimum atomic E-state index is -0.704. The number of hydrogen-bond donors (Lipinski definition) is 0. The zero-order valence-corrected chi connectivity index (χ0v) is 13.9.